The molecule has 2 N–H and O–H groups in total. The molecule has 0 rings (SSSR count). The Hall–Kier alpha value is 0.150. The summed E-state index contributed by atoms with van der Waals surface area (Å²) in [5.41, 5.74) is 5.20. The molecular weight excluding hydrogens is 149 g/mol. The van der Waals surface area contributed by atoms with E-state index in [1.54, 1.807) is 0 Å². The van der Waals surface area contributed by atoms with Crippen molar-refractivity contribution >= 4 is 7.37 Å². The minimum absolute atomic E-state index is 0.416. The molecular formula is C6H16NO2P. The molecule has 4 heteroatoms. The first-order valence-electron chi connectivity index (χ1n) is 3.61. The van der Waals surface area contributed by atoms with Gasteiger partial charge in [-0.25, -0.2) is 0 Å². The highest BCUT2D eigenvalue weighted by atomic mass is 31.2. The maximum Gasteiger partial charge on any atom is 0.202 e. The van der Waals surface area contributed by atoms with Crippen LogP contribution in [-0.2, 0) is 9.09 Å². The minimum atomic E-state index is -2.28. The van der Waals surface area contributed by atoms with Gasteiger partial charge in [-0.3, -0.25) is 4.57 Å². The van der Waals surface area contributed by atoms with E-state index < -0.39 is 7.37 Å². The summed E-state index contributed by atoms with van der Waals surface area (Å²) in [7, 11) is -2.28. The van der Waals surface area contributed by atoms with E-state index >= 15 is 0 Å². The fraction of sp³-hybridized carbons (Fsp3) is 1.00. The van der Waals surface area contributed by atoms with Crippen LogP contribution < -0.4 is 5.73 Å². The van der Waals surface area contributed by atoms with Gasteiger partial charge in [0.2, 0.25) is 7.37 Å². The van der Waals surface area contributed by atoms with E-state index in [-0.39, 0.29) is 0 Å². The van der Waals surface area contributed by atoms with Crippen molar-refractivity contribution < 1.29 is 9.09 Å². The number of hydrogen-bond donors (Lipinski definition) is 1. The topological polar surface area (TPSA) is 52.3 Å². The van der Waals surface area contributed by atoms with Gasteiger partial charge in [-0.15, -0.1) is 0 Å². The Morgan fingerprint density at radius 3 is 2.20 bits per heavy atom. The van der Waals surface area contributed by atoms with Gasteiger partial charge in [-0.1, -0.05) is 13.8 Å². The van der Waals surface area contributed by atoms with Gasteiger partial charge in [0.25, 0.3) is 0 Å². The molecule has 0 amide bonds. The Morgan fingerprint density at radius 1 is 1.40 bits per heavy atom. The van der Waals surface area contributed by atoms with E-state index in [1.165, 1.54) is 0 Å². The highest BCUT2D eigenvalue weighted by molar-refractivity contribution is 7.58. The first-order valence-corrected chi connectivity index (χ1v) is 5.60. The quantitative estimate of drug-likeness (QED) is 0.624. The molecule has 0 aliphatic heterocycles. The molecule has 62 valence electrons. The molecule has 0 bridgehead atoms. The first kappa shape index (κ1) is 10.2. The molecule has 0 fully saturated rings. The van der Waals surface area contributed by atoms with Crippen LogP contribution in [0.3, 0.4) is 0 Å². The summed E-state index contributed by atoms with van der Waals surface area (Å²) in [4.78, 5) is 0. The van der Waals surface area contributed by atoms with E-state index in [4.69, 9.17) is 10.3 Å². The number of hydrogen-bond acceptors (Lipinski definition) is 3. The molecule has 0 radical (unpaired) electrons. The van der Waals surface area contributed by atoms with E-state index in [1.807, 2.05) is 13.8 Å². The van der Waals surface area contributed by atoms with Crippen molar-refractivity contribution in [2.75, 3.05) is 25.5 Å². The molecule has 0 heterocycles. The Kier molecular flexibility index (Phi) is 4.96. The fourth-order valence-electron chi connectivity index (χ4n) is 0.625. The number of rotatable bonds is 5. The average Bonchev–Trinajstić information content (AvgIpc) is 2.00. The van der Waals surface area contributed by atoms with Gasteiger partial charge in [0, 0.05) is 18.9 Å². The lowest BCUT2D eigenvalue weighted by molar-refractivity contribution is 0.324. The fourth-order valence-corrected chi connectivity index (χ4v) is 1.88. The van der Waals surface area contributed by atoms with Crippen molar-refractivity contribution in [1.29, 1.82) is 0 Å². The van der Waals surface area contributed by atoms with Crippen molar-refractivity contribution in [1.82, 2.24) is 0 Å². The van der Waals surface area contributed by atoms with E-state index in [2.05, 4.69) is 0 Å². The molecule has 0 atom stereocenters. The molecule has 0 saturated heterocycles. The lowest BCUT2D eigenvalue weighted by Gasteiger charge is -2.13. The van der Waals surface area contributed by atoms with Gasteiger partial charge in [0.1, 0.15) is 0 Å². The summed E-state index contributed by atoms with van der Waals surface area (Å²) in [5, 5.41) is 0. The van der Waals surface area contributed by atoms with Crippen LogP contribution in [-0.4, -0.2) is 25.5 Å². The second-order valence-corrected chi connectivity index (χ2v) is 5.22. The molecule has 0 aliphatic carbocycles. The van der Waals surface area contributed by atoms with Crippen LogP contribution in [0.5, 0.6) is 0 Å². The largest absolute Gasteiger partial charge is 0.328 e. The lowest BCUT2D eigenvalue weighted by atomic mass is 10.8. The molecule has 0 aliphatic rings. The molecule has 0 unspecified atom stereocenters. The Bertz CT molecular complexity index is 119. The normalized spacial score (nSPS) is 11.9. The van der Waals surface area contributed by atoms with E-state index in [0.29, 0.717) is 25.5 Å². The second kappa shape index (κ2) is 4.89. The molecule has 0 spiro atoms. The zero-order chi connectivity index (χ0) is 8.04. The van der Waals surface area contributed by atoms with Crippen molar-refractivity contribution in [3.8, 4) is 0 Å². The lowest BCUT2D eigenvalue weighted by Crippen LogP contribution is -2.08. The summed E-state index contributed by atoms with van der Waals surface area (Å²) in [6.45, 7) is 4.62. The molecule has 0 aromatic rings. The third-order valence-electron chi connectivity index (χ3n) is 1.41. The molecule has 0 aromatic carbocycles. The van der Waals surface area contributed by atoms with Crippen molar-refractivity contribution in [3.05, 3.63) is 0 Å². The third-order valence-corrected chi connectivity index (χ3v) is 3.99. The molecule has 3 nitrogen and oxygen atoms in total. The van der Waals surface area contributed by atoms with Crippen molar-refractivity contribution in [3.63, 3.8) is 0 Å². The second-order valence-electron chi connectivity index (χ2n) is 2.07. The standard InChI is InChI=1S/C6H16NO2P/c1-3-10(8,4-2)9-6-5-7/h3-7H2,1-2H3. The van der Waals surface area contributed by atoms with Crippen LogP contribution in [0.2, 0.25) is 0 Å². The van der Waals surface area contributed by atoms with Crippen molar-refractivity contribution in [2.45, 2.75) is 13.8 Å². The Labute approximate surface area is 62.4 Å². The average molecular weight is 165 g/mol. The van der Waals surface area contributed by atoms with Gasteiger partial charge in [-0.05, 0) is 0 Å². The van der Waals surface area contributed by atoms with Crippen LogP contribution >= 0.6 is 7.37 Å². The highest BCUT2D eigenvalue weighted by Crippen LogP contribution is 2.45. The highest BCUT2D eigenvalue weighted by Gasteiger charge is 2.16. The molecule has 10 heavy (non-hydrogen) atoms. The maximum absolute atomic E-state index is 11.4. The Morgan fingerprint density at radius 2 is 1.90 bits per heavy atom. The summed E-state index contributed by atoms with van der Waals surface area (Å²) < 4.78 is 16.5. The van der Waals surface area contributed by atoms with E-state index in [9.17, 15) is 4.57 Å². The van der Waals surface area contributed by atoms with Crippen molar-refractivity contribution in [2.24, 2.45) is 5.73 Å². The zero-order valence-corrected chi connectivity index (χ0v) is 7.56. The van der Waals surface area contributed by atoms with Gasteiger partial charge in [0.05, 0.1) is 6.61 Å². The minimum Gasteiger partial charge on any atom is -0.328 e. The monoisotopic (exact) mass is 165 g/mol. The smallest absolute Gasteiger partial charge is 0.202 e. The van der Waals surface area contributed by atoms with Crippen LogP contribution in [0, 0.1) is 0 Å². The predicted molar refractivity (Wildman–Crippen MR) is 43.7 cm³/mol. The van der Waals surface area contributed by atoms with Crippen LogP contribution in [0.25, 0.3) is 0 Å². The predicted octanol–water partition coefficient (Wildman–Crippen LogP) is 1.28. The SMILES string of the molecule is CCP(=O)(CC)OCCN. The summed E-state index contributed by atoms with van der Waals surface area (Å²) in [6, 6.07) is 0. The molecule has 0 aromatic heterocycles. The summed E-state index contributed by atoms with van der Waals surface area (Å²) >= 11 is 0. The van der Waals surface area contributed by atoms with Crippen LogP contribution in [0.4, 0.5) is 0 Å². The van der Waals surface area contributed by atoms with Gasteiger partial charge < -0.3 is 10.3 Å². The van der Waals surface area contributed by atoms with Crippen LogP contribution in [0.15, 0.2) is 0 Å². The zero-order valence-electron chi connectivity index (χ0n) is 6.67. The number of nitrogens with two attached hydrogens (primary N) is 1. The third kappa shape index (κ3) is 3.35. The van der Waals surface area contributed by atoms with Gasteiger partial charge >= 0.3 is 0 Å². The van der Waals surface area contributed by atoms with E-state index in [0.717, 1.165) is 0 Å². The summed E-state index contributed by atoms with van der Waals surface area (Å²) in [6.07, 6.45) is 1.23. The first-order chi connectivity index (χ1) is 4.68. The summed E-state index contributed by atoms with van der Waals surface area (Å²) in [5.74, 6) is 0. The van der Waals surface area contributed by atoms with Crippen LogP contribution in [0.1, 0.15) is 13.8 Å². The van der Waals surface area contributed by atoms with Gasteiger partial charge in [0.15, 0.2) is 0 Å². The Balaban J connectivity index is 3.70. The molecule has 0 saturated carbocycles. The maximum atomic E-state index is 11.4. The van der Waals surface area contributed by atoms with Gasteiger partial charge in [-0.2, -0.15) is 0 Å².